The first-order valence-electron chi connectivity index (χ1n) is 12.0. The molecular formula is C26H36BrNO2SSn. The second-order valence-electron chi connectivity index (χ2n) is 8.91. The van der Waals surface area contributed by atoms with Gasteiger partial charge in [-0.25, -0.2) is 0 Å². The molecule has 0 radical (unpaired) electrons. The maximum atomic E-state index is 13.7. The standard InChI is InChI=1S/C14H9BrNO2S.3C4H9.Sn/c15-12-7-6-11-8-9-16(14(11)10-12)19(17,18)13-4-2-1-3-5-13;3*1-3-4-2;/h1-7,9-10H;3*1,3-4H2,2H3;. The molecule has 3 rings (SSSR count). The molecule has 0 spiro atoms. The Hall–Kier alpha value is -0.791. The molecule has 2 aromatic carbocycles. The van der Waals surface area contributed by atoms with E-state index in [-0.39, 0.29) is 0 Å². The number of unbranched alkanes of at least 4 members (excludes halogenated alkanes) is 3. The molecule has 0 aliphatic rings. The fourth-order valence-electron chi connectivity index (χ4n) is 4.82. The molecule has 0 bridgehead atoms. The van der Waals surface area contributed by atoms with Crippen LogP contribution in [-0.2, 0) is 10.0 Å². The molecule has 6 heteroatoms. The maximum absolute atomic E-state index is 13.7. The van der Waals surface area contributed by atoms with Crippen LogP contribution in [0, 0.1) is 0 Å². The summed E-state index contributed by atoms with van der Waals surface area (Å²) in [4.78, 5) is 0.347. The molecule has 1 heterocycles. The summed E-state index contributed by atoms with van der Waals surface area (Å²) >= 11 is 0.745. The topological polar surface area (TPSA) is 39.1 Å². The molecular weight excluding hydrogens is 589 g/mol. The van der Waals surface area contributed by atoms with E-state index in [1.54, 1.807) is 28.2 Å². The summed E-state index contributed by atoms with van der Waals surface area (Å²) in [5.74, 6) is 0. The zero-order valence-corrected chi connectivity index (χ0v) is 24.9. The van der Waals surface area contributed by atoms with Gasteiger partial charge in [-0.1, -0.05) is 0 Å². The Morgan fingerprint density at radius 2 is 1.41 bits per heavy atom. The Morgan fingerprint density at radius 1 is 0.844 bits per heavy atom. The van der Waals surface area contributed by atoms with Crippen LogP contribution in [0.15, 0.2) is 64.1 Å². The molecule has 1 aromatic heterocycles. The van der Waals surface area contributed by atoms with Gasteiger partial charge in [-0.3, -0.25) is 0 Å². The van der Waals surface area contributed by atoms with Gasteiger partial charge in [-0.2, -0.15) is 0 Å². The van der Waals surface area contributed by atoms with E-state index in [1.165, 1.54) is 55.4 Å². The van der Waals surface area contributed by atoms with Crippen molar-refractivity contribution in [3.8, 4) is 0 Å². The Bertz CT molecular complexity index is 1100. The average Bonchev–Trinajstić information content (AvgIpc) is 3.19. The van der Waals surface area contributed by atoms with Crippen LogP contribution in [0.4, 0.5) is 0 Å². The Kier molecular flexibility index (Phi) is 9.33. The average molecular weight is 625 g/mol. The zero-order chi connectivity index (χ0) is 23.2. The van der Waals surface area contributed by atoms with Gasteiger partial charge in [0.05, 0.1) is 0 Å². The van der Waals surface area contributed by atoms with Crippen molar-refractivity contribution in [2.45, 2.75) is 77.5 Å². The molecule has 3 aromatic rings. The number of halogens is 1. The SMILES string of the molecule is CCC[CH2][Sn]([CH2]CCC)([CH2]CCC)[c]1cn(S(=O)(=O)c2ccccc2)c2cc(Br)ccc12. The molecule has 0 unspecified atom stereocenters. The van der Waals surface area contributed by atoms with Gasteiger partial charge in [0.1, 0.15) is 0 Å². The summed E-state index contributed by atoms with van der Waals surface area (Å²) < 4.78 is 35.3. The van der Waals surface area contributed by atoms with E-state index in [2.05, 4.69) is 48.8 Å². The second-order valence-corrected chi connectivity index (χ2v) is 24.8. The number of hydrogen-bond donors (Lipinski definition) is 0. The quantitative estimate of drug-likeness (QED) is 0.194. The summed E-state index contributed by atoms with van der Waals surface area (Å²) in [6.45, 7) is 6.82. The van der Waals surface area contributed by atoms with Gasteiger partial charge in [0.15, 0.2) is 0 Å². The van der Waals surface area contributed by atoms with E-state index in [9.17, 15) is 8.42 Å². The van der Waals surface area contributed by atoms with Gasteiger partial charge in [0, 0.05) is 0 Å². The Balaban J connectivity index is 2.28. The van der Waals surface area contributed by atoms with Crippen molar-refractivity contribution < 1.29 is 8.42 Å². The Morgan fingerprint density at radius 3 is 1.94 bits per heavy atom. The fourth-order valence-corrected chi connectivity index (χ4v) is 23.5. The first-order valence-corrected chi connectivity index (χ1v) is 21.7. The van der Waals surface area contributed by atoms with Gasteiger partial charge < -0.3 is 0 Å². The van der Waals surface area contributed by atoms with Crippen molar-refractivity contribution in [2.75, 3.05) is 0 Å². The number of rotatable bonds is 12. The van der Waals surface area contributed by atoms with Crippen molar-refractivity contribution in [1.82, 2.24) is 3.97 Å². The minimum atomic E-state index is -3.65. The summed E-state index contributed by atoms with van der Waals surface area (Å²) in [5, 5.41) is 1.16. The molecule has 0 aliphatic heterocycles. The van der Waals surface area contributed by atoms with Gasteiger partial charge in [-0.15, -0.1) is 0 Å². The van der Waals surface area contributed by atoms with Crippen molar-refractivity contribution >= 4 is 58.8 Å². The van der Waals surface area contributed by atoms with Gasteiger partial charge in [-0.05, 0) is 0 Å². The van der Waals surface area contributed by atoms with Crippen molar-refractivity contribution in [3.05, 3.63) is 59.2 Å². The van der Waals surface area contributed by atoms with E-state index in [0.29, 0.717) is 4.90 Å². The molecule has 0 saturated heterocycles. The van der Waals surface area contributed by atoms with Crippen LogP contribution in [-0.4, -0.2) is 30.8 Å². The predicted molar refractivity (Wildman–Crippen MR) is 143 cm³/mol. The molecule has 0 N–H and O–H groups in total. The Labute approximate surface area is 206 Å². The van der Waals surface area contributed by atoms with E-state index in [0.717, 1.165) is 15.4 Å². The second kappa shape index (κ2) is 11.6. The van der Waals surface area contributed by atoms with Crippen LogP contribution in [0.2, 0.25) is 13.3 Å². The summed E-state index contributed by atoms with van der Waals surface area (Å²) in [5.41, 5.74) is 0.809. The first kappa shape index (κ1) is 25.8. The third-order valence-corrected chi connectivity index (χ3v) is 24.4. The number of aromatic nitrogens is 1. The molecule has 0 amide bonds. The van der Waals surface area contributed by atoms with E-state index in [1.807, 2.05) is 18.3 Å². The van der Waals surface area contributed by atoms with Gasteiger partial charge in [0.2, 0.25) is 0 Å². The predicted octanol–water partition coefficient (Wildman–Crippen LogP) is 7.70. The molecule has 32 heavy (non-hydrogen) atoms. The minimum absolute atomic E-state index is 0.347. The van der Waals surface area contributed by atoms with Crippen LogP contribution in [0.1, 0.15) is 59.3 Å². The molecule has 0 fully saturated rings. The van der Waals surface area contributed by atoms with Crippen molar-refractivity contribution in [2.24, 2.45) is 0 Å². The van der Waals surface area contributed by atoms with Crippen LogP contribution >= 0.6 is 15.9 Å². The van der Waals surface area contributed by atoms with Crippen LogP contribution in [0.5, 0.6) is 0 Å². The summed E-state index contributed by atoms with van der Waals surface area (Å²) in [6.07, 6.45) is 9.38. The zero-order valence-electron chi connectivity index (χ0n) is 19.6. The van der Waals surface area contributed by atoms with Crippen molar-refractivity contribution in [1.29, 1.82) is 0 Å². The van der Waals surface area contributed by atoms with Crippen molar-refractivity contribution in [3.63, 3.8) is 0 Å². The van der Waals surface area contributed by atoms with E-state index >= 15 is 0 Å². The molecule has 174 valence electrons. The third kappa shape index (κ3) is 5.47. The first-order chi connectivity index (χ1) is 15.4. The van der Waals surface area contributed by atoms with Crippen LogP contribution < -0.4 is 3.58 Å². The van der Waals surface area contributed by atoms with Crippen LogP contribution in [0.3, 0.4) is 0 Å². The molecule has 0 atom stereocenters. The van der Waals surface area contributed by atoms with Gasteiger partial charge in [0.25, 0.3) is 0 Å². The third-order valence-electron chi connectivity index (χ3n) is 6.63. The number of hydrogen-bond acceptors (Lipinski definition) is 2. The number of fused-ring (bicyclic) bond motifs is 1. The van der Waals surface area contributed by atoms with E-state index in [4.69, 9.17) is 0 Å². The fraction of sp³-hybridized carbons (Fsp3) is 0.462. The van der Waals surface area contributed by atoms with Crippen LogP contribution in [0.25, 0.3) is 10.9 Å². The number of nitrogens with zero attached hydrogens (tertiary/aromatic N) is 1. The normalized spacial score (nSPS) is 12.5. The molecule has 0 aliphatic carbocycles. The van der Waals surface area contributed by atoms with E-state index < -0.39 is 28.4 Å². The summed E-state index contributed by atoms with van der Waals surface area (Å²) in [7, 11) is -3.65. The van der Waals surface area contributed by atoms with Gasteiger partial charge >= 0.3 is 208 Å². The molecule has 3 nitrogen and oxygen atoms in total. The number of benzene rings is 2. The molecule has 0 saturated carbocycles. The summed E-state index contributed by atoms with van der Waals surface area (Å²) in [6, 6.07) is 15.0. The monoisotopic (exact) mass is 625 g/mol.